The Morgan fingerprint density at radius 3 is 2.48 bits per heavy atom. The normalized spacial score (nSPS) is 12.6. The van der Waals surface area contributed by atoms with Crippen LogP contribution < -0.4 is 11.3 Å². The number of aryl methyl sites for hydroxylation is 1. The standard InChI is InChI=1S/C18H16F2N2O/c1-10-4-3-5-13-9-14(11(2)21)17(18(23)22(10)13)12-6-7-15(19)16(20)8-12/h3-9,11H,21H2,1-2H3. The van der Waals surface area contributed by atoms with Gasteiger partial charge in [0.05, 0.1) is 5.56 Å². The largest absolute Gasteiger partial charge is 0.324 e. The molecule has 23 heavy (non-hydrogen) atoms. The maximum absolute atomic E-state index is 13.6. The van der Waals surface area contributed by atoms with Crippen molar-refractivity contribution in [1.29, 1.82) is 0 Å². The molecule has 0 saturated heterocycles. The van der Waals surface area contributed by atoms with Crippen LogP contribution in [0.3, 0.4) is 0 Å². The van der Waals surface area contributed by atoms with E-state index in [1.807, 2.05) is 31.2 Å². The summed E-state index contributed by atoms with van der Waals surface area (Å²) >= 11 is 0. The van der Waals surface area contributed by atoms with Gasteiger partial charge in [-0.3, -0.25) is 9.20 Å². The Kier molecular flexibility index (Phi) is 3.74. The zero-order valence-corrected chi connectivity index (χ0v) is 12.8. The second-order valence-corrected chi connectivity index (χ2v) is 5.62. The summed E-state index contributed by atoms with van der Waals surface area (Å²) in [6, 6.07) is 10.3. The van der Waals surface area contributed by atoms with E-state index in [1.165, 1.54) is 6.07 Å². The van der Waals surface area contributed by atoms with Gasteiger partial charge in [-0.05, 0) is 55.3 Å². The first kappa shape index (κ1) is 15.4. The van der Waals surface area contributed by atoms with Crippen molar-refractivity contribution >= 4 is 5.52 Å². The quantitative estimate of drug-likeness (QED) is 0.786. The van der Waals surface area contributed by atoms with Gasteiger partial charge in [-0.1, -0.05) is 12.1 Å². The number of benzene rings is 1. The zero-order valence-electron chi connectivity index (χ0n) is 12.8. The van der Waals surface area contributed by atoms with E-state index in [0.717, 1.165) is 17.8 Å². The van der Waals surface area contributed by atoms with Crippen molar-refractivity contribution in [3.63, 3.8) is 0 Å². The molecule has 1 atom stereocenters. The Balaban J connectivity index is 2.44. The molecular weight excluding hydrogens is 298 g/mol. The number of nitrogens with zero attached hydrogens (tertiary/aromatic N) is 1. The maximum atomic E-state index is 13.6. The van der Waals surface area contributed by atoms with E-state index in [0.29, 0.717) is 22.2 Å². The summed E-state index contributed by atoms with van der Waals surface area (Å²) in [6.07, 6.45) is 0. The fraction of sp³-hybridized carbons (Fsp3) is 0.167. The lowest BCUT2D eigenvalue weighted by molar-refractivity contribution is 0.509. The average Bonchev–Trinajstić information content (AvgIpc) is 2.50. The SMILES string of the molecule is Cc1cccc2cc(C(C)N)c(-c3ccc(F)c(F)c3)c(=O)n12. The molecular formula is C18H16F2N2O. The Hall–Kier alpha value is -2.53. The van der Waals surface area contributed by atoms with Crippen molar-refractivity contribution in [2.24, 2.45) is 5.73 Å². The third-order valence-corrected chi connectivity index (χ3v) is 3.92. The van der Waals surface area contributed by atoms with Crippen molar-refractivity contribution in [3.05, 3.63) is 75.7 Å². The molecule has 3 nitrogen and oxygen atoms in total. The molecule has 2 aromatic heterocycles. The maximum Gasteiger partial charge on any atom is 0.263 e. The first-order chi connectivity index (χ1) is 10.9. The molecule has 0 radical (unpaired) electrons. The second kappa shape index (κ2) is 5.59. The second-order valence-electron chi connectivity index (χ2n) is 5.62. The summed E-state index contributed by atoms with van der Waals surface area (Å²) in [5, 5.41) is 0. The fourth-order valence-corrected chi connectivity index (χ4v) is 2.80. The van der Waals surface area contributed by atoms with E-state index in [9.17, 15) is 13.6 Å². The van der Waals surface area contributed by atoms with Crippen LogP contribution in [0.4, 0.5) is 8.78 Å². The third kappa shape index (κ3) is 2.53. The minimum atomic E-state index is -0.993. The topological polar surface area (TPSA) is 47.5 Å². The monoisotopic (exact) mass is 314 g/mol. The van der Waals surface area contributed by atoms with Crippen molar-refractivity contribution in [2.45, 2.75) is 19.9 Å². The first-order valence-corrected chi connectivity index (χ1v) is 7.26. The predicted octanol–water partition coefficient (Wildman–Crippen LogP) is 3.57. The lowest BCUT2D eigenvalue weighted by Gasteiger charge is -2.16. The highest BCUT2D eigenvalue weighted by Gasteiger charge is 2.17. The molecule has 0 aliphatic heterocycles. The summed E-state index contributed by atoms with van der Waals surface area (Å²) in [6.45, 7) is 3.57. The van der Waals surface area contributed by atoms with Crippen LogP contribution in [0.1, 0.15) is 24.2 Å². The number of aromatic nitrogens is 1. The van der Waals surface area contributed by atoms with Crippen LogP contribution in [-0.2, 0) is 0 Å². The number of hydrogen-bond donors (Lipinski definition) is 1. The summed E-state index contributed by atoms with van der Waals surface area (Å²) in [7, 11) is 0. The van der Waals surface area contributed by atoms with E-state index in [-0.39, 0.29) is 5.56 Å². The molecule has 1 aromatic carbocycles. The van der Waals surface area contributed by atoms with Crippen LogP contribution in [0.15, 0.2) is 47.3 Å². The van der Waals surface area contributed by atoms with Gasteiger partial charge in [0.1, 0.15) is 0 Å². The minimum Gasteiger partial charge on any atom is -0.324 e. The summed E-state index contributed by atoms with van der Waals surface area (Å²) in [5.41, 5.74) is 8.40. The predicted molar refractivity (Wildman–Crippen MR) is 86.4 cm³/mol. The van der Waals surface area contributed by atoms with Crippen molar-refractivity contribution in [3.8, 4) is 11.1 Å². The number of halogens is 2. The molecule has 1 unspecified atom stereocenters. The molecule has 3 rings (SSSR count). The van der Waals surface area contributed by atoms with Crippen LogP contribution in [0.2, 0.25) is 0 Å². The number of fused-ring (bicyclic) bond motifs is 1. The number of nitrogens with two attached hydrogens (primary N) is 1. The van der Waals surface area contributed by atoms with E-state index in [2.05, 4.69) is 0 Å². The number of rotatable bonds is 2. The third-order valence-electron chi connectivity index (χ3n) is 3.92. The zero-order chi connectivity index (χ0) is 16.7. The van der Waals surface area contributed by atoms with Crippen molar-refractivity contribution in [2.75, 3.05) is 0 Å². The molecule has 0 aliphatic rings. The molecule has 2 heterocycles. The highest BCUT2D eigenvalue weighted by molar-refractivity contribution is 5.71. The van der Waals surface area contributed by atoms with Crippen molar-refractivity contribution in [1.82, 2.24) is 4.40 Å². The Morgan fingerprint density at radius 1 is 1.09 bits per heavy atom. The average molecular weight is 314 g/mol. The number of pyridine rings is 2. The molecule has 0 spiro atoms. The lowest BCUT2D eigenvalue weighted by Crippen LogP contribution is -2.22. The molecule has 0 fully saturated rings. The van der Waals surface area contributed by atoms with Crippen LogP contribution in [-0.4, -0.2) is 4.40 Å². The fourth-order valence-electron chi connectivity index (χ4n) is 2.80. The Morgan fingerprint density at radius 2 is 1.83 bits per heavy atom. The van der Waals surface area contributed by atoms with Gasteiger partial charge in [-0.2, -0.15) is 0 Å². The highest BCUT2D eigenvalue weighted by Crippen LogP contribution is 2.27. The van der Waals surface area contributed by atoms with Crippen LogP contribution in [0.5, 0.6) is 0 Å². The minimum absolute atomic E-state index is 0.293. The van der Waals surface area contributed by atoms with Gasteiger partial charge in [-0.25, -0.2) is 8.78 Å². The summed E-state index contributed by atoms with van der Waals surface area (Å²) in [5.74, 6) is -1.94. The smallest absolute Gasteiger partial charge is 0.263 e. The molecule has 5 heteroatoms. The van der Waals surface area contributed by atoms with Gasteiger partial charge >= 0.3 is 0 Å². The van der Waals surface area contributed by atoms with E-state index < -0.39 is 17.7 Å². The van der Waals surface area contributed by atoms with E-state index >= 15 is 0 Å². The van der Waals surface area contributed by atoms with Gasteiger partial charge in [0, 0.05) is 17.3 Å². The summed E-state index contributed by atoms with van der Waals surface area (Å²) < 4.78 is 28.4. The van der Waals surface area contributed by atoms with Crippen molar-refractivity contribution < 1.29 is 8.78 Å². The molecule has 2 N–H and O–H groups in total. The molecule has 0 amide bonds. The van der Waals surface area contributed by atoms with Crippen LogP contribution in [0, 0.1) is 18.6 Å². The molecule has 118 valence electrons. The summed E-state index contributed by atoms with van der Waals surface area (Å²) in [4.78, 5) is 13.0. The van der Waals surface area contributed by atoms with Crippen LogP contribution in [0.25, 0.3) is 16.6 Å². The number of hydrogen-bond acceptors (Lipinski definition) is 2. The highest BCUT2D eigenvalue weighted by atomic mass is 19.2. The van der Waals surface area contributed by atoms with Gasteiger partial charge in [-0.15, -0.1) is 0 Å². The van der Waals surface area contributed by atoms with Crippen LogP contribution >= 0.6 is 0 Å². The Bertz CT molecular complexity index is 961. The van der Waals surface area contributed by atoms with Gasteiger partial charge < -0.3 is 5.73 Å². The molecule has 0 bridgehead atoms. The molecule has 0 aliphatic carbocycles. The van der Waals surface area contributed by atoms with Gasteiger partial charge in [0.25, 0.3) is 5.56 Å². The van der Waals surface area contributed by atoms with E-state index in [1.54, 1.807) is 11.3 Å². The first-order valence-electron chi connectivity index (χ1n) is 7.26. The Labute approximate surface area is 132 Å². The van der Waals surface area contributed by atoms with Gasteiger partial charge in [0.15, 0.2) is 11.6 Å². The lowest BCUT2D eigenvalue weighted by atomic mass is 9.96. The van der Waals surface area contributed by atoms with Gasteiger partial charge in [0.2, 0.25) is 0 Å². The van der Waals surface area contributed by atoms with E-state index in [4.69, 9.17) is 5.73 Å². The molecule has 3 aromatic rings. The molecule has 0 saturated carbocycles.